The average molecular weight is 201 g/mol. The lowest BCUT2D eigenvalue weighted by Crippen LogP contribution is -2.54. The quantitative estimate of drug-likeness (QED) is 0.708. The Balaban J connectivity index is 1.70. The van der Waals surface area contributed by atoms with Crippen LogP contribution in [-0.2, 0) is 4.79 Å². The second-order valence-corrected chi connectivity index (χ2v) is 4.93. The minimum Gasteiger partial charge on any atom is -0.396 e. The van der Waals surface area contributed by atoms with Crippen LogP contribution < -0.4 is 0 Å². The minimum atomic E-state index is 0.256. The molecule has 0 atom stereocenters. The molecule has 0 aromatic carbocycles. The molecule has 0 spiro atoms. The number of carbonyl (C=O) groups excluding carboxylic acids is 1. The Morgan fingerprint density at radius 3 is 2.62 bits per heavy atom. The molecule has 2 heterocycles. The monoisotopic (exact) mass is 201 g/mol. The first-order valence-electron chi connectivity index (χ1n) is 4.78. The molecule has 2 saturated heterocycles. The van der Waals surface area contributed by atoms with Crippen molar-refractivity contribution in [3.8, 4) is 0 Å². The standard InChI is InChI=1S/C9H15NO2S/c11-2-1-7-3-10(4-7)9(12)8-5-13-6-8/h7-8,11H,1-6H2. The lowest BCUT2D eigenvalue weighted by molar-refractivity contribution is -0.141. The molecule has 0 aliphatic carbocycles. The summed E-state index contributed by atoms with van der Waals surface area (Å²) in [5.41, 5.74) is 0. The van der Waals surface area contributed by atoms with Crippen molar-refractivity contribution in [2.24, 2.45) is 11.8 Å². The summed E-state index contributed by atoms with van der Waals surface area (Å²) in [4.78, 5) is 13.5. The van der Waals surface area contributed by atoms with Crippen molar-refractivity contribution in [3.63, 3.8) is 0 Å². The topological polar surface area (TPSA) is 40.5 Å². The highest BCUT2D eigenvalue weighted by molar-refractivity contribution is 8.00. The zero-order chi connectivity index (χ0) is 9.26. The van der Waals surface area contributed by atoms with Gasteiger partial charge in [0.15, 0.2) is 0 Å². The number of hydrogen-bond acceptors (Lipinski definition) is 3. The summed E-state index contributed by atoms with van der Waals surface area (Å²) in [5, 5.41) is 8.69. The molecule has 2 fully saturated rings. The van der Waals surface area contributed by atoms with Gasteiger partial charge in [-0.15, -0.1) is 0 Å². The van der Waals surface area contributed by atoms with E-state index in [1.165, 1.54) is 0 Å². The first-order valence-corrected chi connectivity index (χ1v) is 5.94. The van der Waals surface area contributed by atoms with Crippen molar-refractivity contribution in [1.82, 2.24) is 4.90 Å². The number of amides is 1. The summed E-state index contributed by atoms with van der Waals surface area (Å²) in [6.07, 6.45) is 0.850. The van der Waals surface area contributed by atoms with Crippen LogP contribution in [0.25, 0.3) is 0 Å². The lowest BCUT2D eigenvalue weighted by Gasteiger charge is -2.42. The van der Waals surface area contributed by atoms with Crippen LogP contribution in [0.1, 0.15) is 6.42 Å². The summed E-state index contributed by atoms with van der Waals surface area (Å²) in [6.45, 7) is 2.01. The molecule has 1 amide bonds. The Morgan fingerprint density at radius 2 is 2.15 bits per heavy atom. The molecule has 0 radical (unpaired) electrons. The van der Waals surface area contributed by atoms with Gasteiger partial charge in [0.1, 0.15) is 0 Å². The van der Waals surface area contributed by atoms with Crippen LogP contribution in [0, 0.1) is 11.8 Å². The summed E-state index contributed by atoms with van der Waals surface area (Å²) in [5.74, 6) is 3.23. The van der Waals surface area contributed by atoms with Crippen LogP contribution in [0.5, 0.6) is 0 Å². The largest absolute Gasteiger partial charge is 0.396 e. The lowest BCUT2D eigenvalue weighted by atomic mass is 9.95. The summed E-state index contributed by atoms with van der Waals surface area (Å²) in [7, 11) is 0. The number of rotatable bonds is 3. The van der Waals surface area contributed by atoms with Crippen LogP contribution in [-0.4, -0.2) is 47.1 Å². The number of aliphatic hydroxyl groups is 1. The van der Waals surface area contributed by atoms with Gasteiger partial charge in [0.2, 0.25) is 5.91 Å². The number of likely N-dealkylation sites (tertiary alicyclic amines) is 1. The van der Waals surface area contributed by atoms with Crippen molar-refractivity contribution in [3.05, 3.63) is 0 Å². The number of aliphatic hydroxyl groups excluding tert-OH is 1. The molecular weight excluding hydrogens is 186 g/mol. The average Bonchev–Trinajstić information content (AvgIpc) is 1.91. The van der Waals surface area contributed by atoms with Gasteiger partial charge >= 0.3 is 0 Å². The molecule has 2 aliphatic rings. The van der Waals surface area contributed by atoms with Crippen LogP contribution >= 0.6 is 11.8 Å². The fraction of sp³-hybridized carbons (Fsp3) is 0.889. The second kappa shape index (κ2) is 3.88. The van der Waals surface area contributed by atoms with Crippen molar-refractivity contribution >= 4 is 17.7 Å². The Hall–Kier alpha value is -0.220. The van der Waals surface area contributed by atoms with Gasteiger partial charge < -0.3 is 10.0 Å². The molecule has 0 aromatic rings. The van der Waals surface area contributed by atoms with Crippen LogP contribution in [0.4, 0.5) is 0 Å². The van der Waals surface area contributed by atoms with E-state index >= 15 is 0 Å². The molecule has 74 valence electrons. The maximum atomic E-state index is 11.6. The minimum absolute atomic E-state index is 0.256. The molecule has 1 N–H and O–H groups in total. The van der Waals surface area contributed by atoms with E-state index in [1.54, 1.807) is 0 Å². The van der Waals surface area contributed by atoms with Crippen LogP contribution in [0.3, 0.4) is 0 Å². The van der Waals surface area contributed by atoms with Crippen molar-refractivity contribution in [2.45, 2.75) is 6.42 Å². The maximum Gasteiger partial charge on any atom is 0.227 e. The zero-order valence-corrected chi connectivity index (χ0v) is 8.42. The number of nitrogens with zero attached hydrogens (tertiary/aromatic N) is 1. The molecular formula is C9H15NO2S. The van der Waals surface area contributed by atoms with Gasteiger partial charge in [-0.3, -0.25) is 4.79 Å². The fourth-order valence-corrected chi connectivity index (χ4v) is 2.51. The third-order valence-corrected chi connectivity index (χ3v) is 4.07. The van der Waals surface area contributed by atoms with Gasteiger partial charge in [0.25, 0.3) is 0 Å². The highest BCUT2D eigenvalue weighted by Crippen LogP contribution is 2.29. The van der Waals surface area contributed by atoms with Gasteiger partial charge in [0.05, 0.1) is 5.92 Å². The first kappa shape index (κ1) is 9.34. The van der Waals surface area contributed by atoms with E-state index in [9.17, 15) is 4.79 Å². The van der Waals surface area contributed by atoms with Crippen molar-refractivity contribution in [2.75, 3.05) is 31.2 Å². The molecule has 0 unspecified atom stereocenters. The van der Waals surface area contributed by atoms with Gasteiger partial charge in [0, 0.05) is 31.2 Å². The van der Waals surface area contributed by atoms with Crippen molar-refractivity contribution < 1.29 is 9.90 Å². The van der Waals surface area contributed by atoms with E-state index in [2.05, 4.69) is 0 Å². The molecule has 0 aromatic heterocycles. The normalized spacial score (nSPS) is 23.9. The van der Waals surface area contributed by atoms with Gasteiger partial charge in [-0.2, -0.15) is 11.8 Å². The Kier molecular flexibility index (Phi) is 2.79. The summed E-state index contributed by atoms with van der Waals surface area (Å²) in [6, 6.07) is 0. The SMILES string of the molecule is O=C(C1CSC1)N1CC(CCO)C1. The van der Waals surface area contributed by atoms with Gasteiger partial charge in [-0.25, -0.2) is 0 Å². The fourth-order valence-electron chi connectivity index (χ4n) is 1.75. The third kappa shape index (κ3) is 1.83. The molecule has 4 heteroatoms. The van der Waals surface area contributed by atoms with Crippen molar-refractivity contribution in [1.29, 1.82) is 0 Å². The van der Waals surface area contributed by atoms with Gasteiger partial charge in [-0.05, 0) is 12.3 Å². The number of thioether (sulfide) groups is 1. The number of hydrogen-bond donors (Lipinski definition) is 1. The number of carbonyl (C=O) groups is 1. The van der Waals surface area contributed by atoms with E-state index in [-0.39, 0.29) is 6.61 Å². The molecule has 2 aliphatic heterocycles. The van der Waals surface area contributed by atoms with E-state index in [0.29, 0.717) is 17.7 Å². The highest BCUT2D eigenvalue weighted by atomic mass is 32.2. The maximum absolute atomic E-state index is 11.6. The molecule has 0 saturated carbocycles. The molecule has 13 heavy (non-hydrogen) atoms. The predicted molar refractivity (Wildman–Crippen MR) is 52.6 cm³/mol. The Labute approximate surface area is 82.5 Å². The summed E-state index contributed by atoms with van der Waals surface area (Å²) >= 11 is 1.85. The zero-order valence-electron chi connectivity index (χ0n) is 7.61. The van der Waals surface area contributed by atoms with E-state index in [4.69, 9.17) is 5.11 Å². The van der Waals surface area contributed by atoms with Crippen LogP contribution in [0.2, 0.25) is 0 Å². The Morgan fingerprint density at radius 1 is 1.46 bits per heavy atom. The van der Waals surface area contributed by atoms with E-state index in [0.717, 1.165) is 31.0 Å². The highest BCUT2D eigenvalue weighted by Gasteiger charge is 2.36. The Bertz CT molecular complexity index is 200. The van der Waals surface area contributed by atoms with E-state index < -0.39 is 0 Å². The predicted octanol–water partition coefficient (Wildman–Crippen LogP) is 0.190. The van der Waals surface area contributed by atoms with Gasteiger partial charge in [-0.1, -0.05) is 0 Å². The second-order valence-electron chi connectivity index (χ2n) is 3.86. The van der Waals surface area contributed by atoms with Crippen LogP contribution in [0.15, 0.2) is 0 Å². The third-order valence-electron chi connectivity index (χ3n) is 2.79. The molecule has 0 bridgehead atoms. The van der Waals surface area contributed by atoms with E-state index in [1.807, 2.05) is 16.7 Å². The first-order chi connectivity index (χ1) is 6.31. The smallest absolute Gasteiger partial charge is 0.227 e. The summed E-state index contributed by atoms with van der Waals surface area (Å²) < 4.78 is 0. The molecule has 3 nitrogen and oxygen atoms in total. The molecule has 2 rings (SSSR count).